The van der Waals surface area contributed by atoms with Crippen LogP contribution in [0.3, 0.4) is 0 Å². The van der Waals surface area contributed by atoms with Gasteiger partial charge in [0.15, 0.2) is 0 Å². The van der Waals surface area contributed by atoms with Crippen LogP contribution in [0.2, 0.25) is 0 Å². The molecule has 1 heterocycles. The van der Waals surface area contributed by atoms with Gasteiger partial charge in [-0.05, 0) is 60.2 Å². The minimum absolute atomic E-state index is 0.243. The third-order valence-corrected chi connectivity index (χ3v) is 4.39. The number of nitrogens with zero attached hydrogens (tertiary/aromatic N) is 2. The first-order valence-corrected chi connectivity index (χ1v) is 7.02. The predicted octanol–water partition coefficient (Wildman–Crippen LogP) is 2.89. The van der Waals surface area contributed by atoms with Crippen molar-refractivity contribution in [3.05, 3.63) is 22.3 Å². The van der Waals surface area contributed by atoms with Gasteiger partial charge in [-0.1, -0.05) is 0 Å². The van der Waals surface area contributed by atoms with Gasteiger partial charge in [0.1, 0.15) is 5.82 Å². The molecule has 0 atom stereocenters. The van der Waals surface area contributed by atoms with Gasteiger partial charge in [0.05, 0.1) is 4.47 Å². The van der Waals surface area contributed by atoms with Crippen molar-refractivity contribution in [2.45, 2.75) is 38.6 Å². The average molecular weight is 299 g/mol. The van der Waals surface area contributed by atoms with Gasteiger partial charge >= 0.3 is 0 Å². The zero-order valence-corrected chi connectivity index (χ0v) is 11.8. The molecule has 1 fully saturated rings. The molecule has 1 aromatic rings. The molecule has 1 aromatic heterocycles. The molecule has 17 heavy (non-hydrogen) atoms. The molecule has 1 aliphatic rings. The number of pyridine rings is 1. The van der Waals surface area contributed by atoms with Gasteiger partial charge in [0.2, 0.25) is 0 Å². The summed E-state index contributed by atoms with van der Waals surface area (Å²) in [4.78, 5) is 6.84. The molecule has 2 rings (SSSR count). The Kier molecular flexibility index (Phi) is 4.40. The summed E-state index contributed by atoms with van der Waals surface area (Å²) in [6.07, 6.45) is 6.46. The van der Waals surface area contributed by atoms with Gasteiger partial charge in [-0.2, -0.15) is 0 Å². The number of rotatable bonds is 5. The fourth-order valence-corrected chi connectivity index (χ4v) is 2.59. The summed E-state index contributed by atoms with van der Waals surface area (Å²) in [7, 11) is 0. The van der Waals surface area contributed by atoms with Crippen molar-refractivity contribution in [3.63, 3.8) is 0 Å². The smallest absolute Gasteiger partial charge is 0.143 e. The van der Waals surface area contributed by atoms with E-state index in [9.17, 15) is 0 Å². The minimum atomic E-state index is 0.243. The molecule has 1 N–H and O–H groups in total. The van der Waals surface area contributed by atoms with Crippen LogP contribution < -0.4 is 4.90 Å². The second-order valence-corrected chi connectivity index (χ2v) is 5.41. The summed E-state index contributed by atoms with van der Waals surface area (Å²) in [5, 5.41) is 9.00. The van der Waals surface area contributed by atoms with Gasteiger partial charge in [-0.25, -0.2) is 4.98 Å². The van der Waals surface area contributed by atoms with Gasteiger partial charge in [-0.15, -0.1) is 0 Å². The maximum atomic E-state index is 9.00. The fraction of sp³-hybridized carbons (Fsp3) is 0.615. The van der Waals surface area contributed by atoms with Crippen molar-refractivity contribution in [1.82, 2.24) is 4.98 Å². The van der Waals surface area contributed by atoms with E-state index in [0.717, 1.165) is 23.3 Å². The zero-order valence-electron chi connectivity index (χ0n) is 10.2. The predicted molar refractivity (Wildman–Crippen MR) is 73.4 cm³/mol. The maximum absolute atomic E-state index is 9.00. The average Bonchev–Trinajstić information content (AvgIpc) is 2.26. The summed E-state index contributed by atoms with van der Waals surface area (Å²) < 4.78 is 1.09. The van der Waals surface area contributed by atoms with E-state index in [4.69, 9.17) is 5.11 Å². The molecular formula is C13H19BrN2O. The van der Waals surface area contributed by atoms with Gasteiger partial charge in [0.25, 0.3) is 0 Å². The molecule has 1 saturated carbocycles. The van der Waals surface area contributed by atoms with E-state index in [1.54, 1.807) is 0 Å². The van der Waals surface area contributed by atoms with E-state index in [0.29, 0.717) is 6.04 Å². The van der Waals surface area contributed by atoms with E-state index in [1.165, 1.54) is 24.8 Å². The lowest BCUT2D eigenvalue weighted by molar-refractivity contribution is 0.282. The number of hydrogen-bond acceptors (Lipinski definition) is 3. The Bertz CT molecular complexity index is 380. The van der Waals surface area contributed by atoms with E-state index < -0.39 is 0 Å². The summed E-state index contributed by atoms with van der Waals surface area (Å²) in [5.74, 6) is 1.03. The molecule has 0 amide bonds. The van der Waals surface area contributed by atoms with E-state index >= 15 is 0 Å². The van der Waals surface area contributed by atoms with E-state index in [1.807, 2.05) is 12.3 Å². The van der Waals surface area contributed by atoms with E-state index in [-0.39, 0.29) is 6.61 Å². The third kappa shape index (κ3) is 2.80. The van der Waals surface area contributed by atoms with Crippen LogP contribution in [-0.4, -0.2) is 29.3 Å². The van der Waals surface area contributed by atoms with Crippen LogP contribution in [0.25, 0.3) is 0 Å². The number of aliphatic hydroxyl groups is 1. The first kappa shape index (κ1) is 12.8. The number of aryl methyl sites for hydroxylation is 1. The van der Waals surface area contributed by atoms with Gasteiger partial charge in [-0.3, -0.25) is 0 Å². The molecule has 4 heteroatoms. The van der Waals surface area contributed by atoms with Crippen molar-refractivity contribution in [2.24, 2.45) is 0 Å². The first-order valence-electron chi connectivity index (χ1n) is 6.22. The Hall–Kier alpha value is -0.610. The number of aliphatic hydroxyl groups excluding tert-OH is 1. The molecule has 0 radical (unpaired) electrons. The maximum Gasteiger partial charge on any atom is 0.143 e. The van der Waals surface area contributed by atoms with Crippen molar-refractivity contribution in [1.29, 1.82) is 0 Å². The Balaban J connectivity index is 2.21. The highest BCUT2D eigenvalue weighted by Gasteiger charge is 2.27. The number of halogens is 1. The monoisotopic (exact) mass is 298 g/mol. The SMILES string of the molecule is Cc1ccnc(N(CCCO)C2CCC2)c1Br. The summed E-state index contributed by atoms with van der Waals surface area (Å²) in [6, 6.07) is 2.62. The molecule has 0 spiro atoms. The second kappa shape index (κ2) is 5.83. The Morgan fingerprint density at radius 3 is 2.88 bits per heavy atom. The van der Waals surface area contributed by atoms with Crippen molar-refractivity contribution >= 4 is 21.7 Å². The minimum Gasteiger partial charge on any atom is -0.396 e. The van der Waals surface area contributed by atoms with Crippen LogP contribution in [-0.2, 0) is 0 Å². The Morgan fingerprint density at radius 2 is 2.29 bits per heavy atom. The van der Waals surface area contributed by atoms with Gasteiger partial charge in [0, 0.05) is 25.4 Å². The summed E-state index contributed by atoms with van der Waals surface area (Å²) in [6.45, 7) is 3.21. The lowest BCUT2D eigenvalue weighted by Gasteiger charge is -2.39. The second-order valence-electron chi connectivity index (χ2n) is 4.62. The summed E-state index contributed by atoms with van der Waals surface area (Å²) in [5.41, 5.74) is 1.21. The van der Waals surface area contributed by atoms with Crippen molar-refractivity contribution in [3.8, 4) is 0 Å². The molecule has 0 saturated heterocycles. The van der Waals surface area contributed by atoms with Crippen LogP contribution in [0.5, 0.6) is 0 Å². The van der Waals surface area contributed by atoms with Crippen LogP contribution >= 0.6 is 15.9 Å². The standard InChI is InChI=1S/C13H19BrN2O/c1-10-6-7-15-13(12(10)14)16(8-3-9-17)11-4-2-5-11/h6-7,11,17H,2-5,8-9H2,1H3. The third-order valence-electron chi connectivity index (χ3n) is 3.41. The Labute approximate surface area is 111 Å². The first-order chi connectivity index (χ1) is 8.24. The molecule has 0 unspecified atom stereocenters. The number of anilines is 1. The fourth-order valence-electron chi connectivity index (χ4n) is 2.13. The molecule has 0 aliphatic heterocycles. The van der Waals surface area contributed by atoms with Crippen LogP contribution in [0.4, 0.5) is 5.82 Å². The van der Waals surface area contributed by atoms with Crippen LogP contribution in [0.15, 0.2) is 16.7 Å². The highest BCUT2D eigenvalue weighted by molar-refractivity contribution is 9.10. The number of aromatic nitrogens is 1. The lowest BCUT2D eigenvalue weighted by Crippen LogP contribution is -2.41. The normalized spacial score (nSPS) is 15.7. The quantitative estimate of drug-likeness (QED) is 0.908. The number of hydrogen-bond donors (Lipinski definition) is 1. The van der Waals surface area contributed by atoms with Crippen molar-refractivity contribution in [2.75, 3.05) is 18.1 Å². The van der Waals surface area contributed by atoms with Gasteiger partial charge < -0.3 is 10.0 Å². The van der Waals surface area contributed by atoms with Crippen LogP contribution in [0, 0.1) is 6.92 Å². The summed E-state index contributed by atoms with van der Waals surface area (Å²) >= 11 is 3.63. The largest absolute Gasteiger partial charge is 0.396 e. The lowest BCUT2D eigenvalue weighted by atomic mass is 9.91. The highest BCUT2D eigenvalue weighted by atomic mass is 79.9. The molecular weight excluding hydrogens is 280 g/mol. The van der Waals surface area contributed by atoms with E-state index in [2.05, 4.69) is 32.7 Å². The Morgan fingerprint density at radius 1 is 1.53 bits per heavy atom. The highest BCUT2D eigenvalue weighted by Crippen LogP contribution is 2.33. The molecule has 0 aromatic carbocycles. The zero-order chi connectivity index (χ0) is 12.3. The van der Waals surface area contributed by atoms with Crippen LogP contribution in [0.1, 0.15) is 31.2 Å². The molecule has 1 aliphatic carbocycles. The molecule has 94 valence electrons. The molecule has 0 bridgehead atoms. The molecule has 3 nitrogen and oxygen atoms in total. The van der Waals surface area contributed by atoms with Crippen molar-refractivity contribution < 1.29 is 5.11 Å². The topological polar surface area (TPSA) is 36.4 Å².